The molecule has 27 heavy (non-hydrogen) atoms. The van der Waals surface area contributed by atoms with Crippen LogP contribution in [0.1, 0.15) is 30.5 Å². The van der Waals surface area contributed by atoms with Gasteiger partial charge in [0.2, 0.25) is 11.8 Å². The molecule has 0 bridgehead atoms. The van der Waals surface area contributed by atoms with Gasteiger partial charge in [0.1, 0.15) is 6.04 Å². The van der Waals surface area contributed by atoms with Crippen molar-refractivity contribution in [3.63, 3.8) is 0 Å². The quantitative estimate of drug-likeness (QED) is 0.724. The van der Waals surface area contributed by atoms with Crippen molar-refractivity contribution < 1.29 is 9.59 Å². The molecule has 2 N–H and O–H groups in total. The first-order valence-electron chi connectivity index (χ1n) is 9.01. The summed E-state index contributed by atoms with van der Waals surface area (Å²) >= 11 is 6.16. The largest absolute Gasteiger partial charge is 0.355 e. The van der Waals surface area contributed by atoms with Crippen molar-refractivity contribution in [2.75, 3.05) is 25.5 Å². The van der Waals surface area contributed by atoms with Crippen molar-refractivity contribution in [1.82, 2.24) is 10.2 Å². The topological polar surface area (TPSA) is 61.4 Å². The van der Waals surface area contributed by atoms with Crippen molar-refractivity contribution in [2.24, 2.45) is 0 Å². The van der Waals surface area contributed by atoms with E-state index in [-0.39, 0.29) is 18.4 Å². The number of anilines is 1. The van der Waals surface area contributed by atoms with Gasteiger partial charge in [0, 0.05) is 17.3 Å². The van der Waals surface area contributed by atoms with Crippen molar-refractivity contribution in [3.05, 3.63) is 64.7 Å². The van der Waals surface area contributed by atoms with Gasteiger partial charge in [-0.15, -0.1) is 0 Å². The average molecular weight is 388 g/mol. The van der Waals surface area contributed by atoms with Gasteiger partial charge in [-0.3, -0.25) is 14.5 Å². The molecule has 2 amide bonds. The number of likely N-dealkylation sites (N-methyl/N-ethyl adjacent to an activating group) is 1. The normalized spacial score (nSPS) is 11.9. The van der Waals surface area contributed by atoms with Crippen LogP contribution in [-0.2, 0) is 9.59 Å². The summed E-state index contributed by atoms with van der Waals surface area (Å²) in [6, 6.07) is 14.2. The molecule has 0 radical (unpaired) electrons. The van der Waals surface area contributed by atoms with Crippen molar-refractivity contribution in [2.45, 2.75) is 26.3 Å². The molecule has 2 aromatic rings. The Kier molecular flexibility index (Phi) is 7.82. The van der Waals surface area contributed by atoms with E-state index in [9.17, 15) is 9.59 Å². The molecule has 0 saturated heterocycles. The van der Waals surface area contributed by atoms with Gasteiger partial charge in [-0.05, 0) is 43.7 Å². The van der Waals surface area contributed by atoms with Gasteiger partial charge in [0.25, 0.3) is 0 Å². The highest BCUT2D eigenvalue weighted by Gasteiger charge is 2.26. The Labute approximate surface area is 165 Å². The first-order valence-corrected chi connectivity index (χ1v) is 9.39. The fourth-order valence-electron chi connectivity index (χ4n) is 2.76. The van der Waals surface area contributed by atoms with Crippen LogP contribution in [0.4, 0.5) is 5.69 Å². The van der Waals surface area contributed by atoms with E-state index in [1.165, 1.54) is 0 Å². The van der Waals surface area contributed by atoms with Gasteiger partial charge in [-0.25, -0.2) is 0 Å². The first-order chi connectivity index (χ1) is 12.9. The molecule has 2 aromatic carbocycles. The van der Waals surface area contributed by atoms with Crippen LogP contribution in [0.3, 0.4) is 0 Å². The lowest BCUT2D eigenvalue weighted by atomic mass is 10.0. The van der Waals surface area contributed by atoms with Gasteiger partial charge >= 0.3 is 0 Å². The van der Waals surface area contributed by atoms with Crippen molar-refractivity contribution in [3.8, 4) is 0 Å². The monoisotopic (exact) mass is 387 g/mol. The highest BCUT2D eigenvalue weighted by molar-refractivity contribution is 6.31. The highest BCUT2D eigenvalue weighted by Crippen LogP contribution is 2.24. The summed E-state index contributed by atoms with van der Waals surface area (Å²) < 4.78 is 0. The van der Waals surface area contributed by atoms with Crippen LogP contribution in [0, 0.1) is 6.92 Å². The van der Waals surface area contributed by atoms with Crippen molar-refractivity contribution in [1.29, 1.82) is 0 Å². The van der Waals surface area contributed by atoms with E-state index < -0.39 is 6.04 Å². The Hall–Kier alpha value is -2.37. The maximum Gasteiger partial charge on any atom is 0.246 e. The third-order valence-corrected chi connectivity index (χ3v) is 4.62. The van der Waals surface area contributed by atoms with Gasteiger partial charge < -0.3 is 10.6 Å². The molecule has 0 spiro atoms. The zero-order chi connectivity index (χ0) is 19.8. The molecule has 0 aromatic heterocycles. The van der Waals surface area contributed by atoms with E-state index in [1.54, 1.807) is 18.0 Å². The van der Waals surface area contributed by atoms with Crippen molar-refractivity contribution >= 4 is 29.1 Å². The Morgan fingerprint density at radius 1 is 1.15 bits per heavy atom. The number of nitrogens with one attached hydrogen (secondary N) is 2. The van der Waals surface area contributed by atoms with E-state index in [0.29, 0.717) is 17.3 Å². The van der Waals surface area contributed by atoms with Gasteiger partial charge in [0.05, 0.1) is 6.54 Å². The summed E-state index contributed by atoms with van der Waals surface area (Å²) in [6.07, 6.45) is 0.867. The molecule has 144 valence electrons. The second kappa shape index (κ2) is 10.1. The number of benzene rings is 2. The maximum atomic E-state index is 13.0. The van der Waals surface area contributed by atoms with E-state index in [1.807, 2.05) is 56.3 Å². The molecular weight excluding hydrogens is 362 g/mol. The third kappa shape index (κ3) is 6.08. The third-order valence-electron chi connectivity index (χ3n) is 4.21. The number of hydrogen-bond acceptors (Lipinski definition) is 3. The van der Waals surface area contributed by atoms with E-state index in [0.717, 1.165) is 17.5 Å². The molecule has 2 rings (SSSR count). The van der Waals surface area contributed by atoms with Crippen LogP contribution in [0.2, 0.25) is 5.02 Å². The number of nitrogens with zero attached hydrogens (tertiary/aromatic N) is 1. The lowest BCUT2D eigenvalue weighted by Gasteiger charge is -2.27. The zero-order valence-electron chi connectivity index (χ0n) is 16.0. The number of carbonyl (C=O) groups is 2. The SMILES string of the molecule is CCCNC(=O)CN(C)[C@@H](C(=O)Nc1ccc(C)c(Cl)c1)c1ccccc1. The first kappa shape index (κ1) is 20.9. The van der Waals surface area contributed by atoms with E-state index in [2.05, 4.69) is 10.6 Å². The Bertz CT molecular complexity index is 780. The van der Waals surface area contributed by atoms with Crippen LogP contribution < -0.4 is 10.6 Å². The molecular formula is C21H26ClN3O2. The molecule has 0 saturated carbocycles. The summed E-state index contributed by atoms with van der Waals surface area (Å²) in [5, 5.41) is 6.35. The van der Waals surface area contributed by atoms with Gasteiger partial charge in [-0.2, -0.15) is 0 Å². The summed E-state index contributed by atoms with van der Waals surface area (Å²) in [7, 11) is 1.77. The van der Waals surface area contributed by atoms with Crippen LogP contribution in [-0.4, -0.2) is 36.9 Å². The predicted molar refractivity (Wildman–Crippen MR) is 110 cm³/mol. The molecule has 0 fully saturated rings. The second-order valence-corrected chi connectivity index (χ2v) is 6.94. The molecule has 0 heterocycles. The molecule has 6 heteroatoms. The number of rotatable bonds is 8. The number of hydrogen-bond donors (Lipinski definition) is 2. The van der Waals surface area contributed by atoms with E-state index >= 15 is 0 Å². The zero-order valence-corrected chi connectivity index (χ0v) is 16.7. The average Bonchev–Trinajstić information content (AvgIpc) is 2.64. The van der Waals surface area contributed by atoms with Gasteiger partial charge in [-0.1, -0.05) is 54.9 Å². The van der Waals surface area contributed by atoms with Crippen LogP contribution >= 0.6 is 11.6 Å². The molecule has 0 aliphatic heterocycles. The minimum absolute atomic E-state index is 0.105. The highest BCUT2D eigenvalue weighted by atomic mass is 35.5. The summed E-state index contributed by atoms with van der Waals surface area (Å²) in [5.41, 5.74) is 2.39. The lowest BCUT2D eigenvalue weighted by Crippen LogP contribution is -2.41. The summed E-state index contributed by atoms with van der Waals surface area (Å²) in [4.78, 5) is 26.9. The lowest BCUT2D eigenvalue weighted by molar-refractivity contribution is -0.125. The second-order valence-electron chi connectivity index (χ2n) is 6.53. The number of carbonyl (C=O) groups excluding carboxylic acids is 2. The van der Waals surface area contributed by atoms with E-state index in [4.69, 9.17) is 11.6 Å². The maximum absolute atomic E-state index is 13.0. The number of halogens is 1. The molecule has 1 atom stereocenters. The smallest absolute Gasteiger partial charge is 0.246 e. The predicted octanol–water partition coefficient (Wildman–Crippen LogP) is 3.79. The van der Waals surface area contributed by atoms with Crippen LogP contribution in [0.25, 0.3) is 0 Å². The fourth-order valence-corrected chi connectivity index (χ4v) is 2.94. The summed E-state index contributed by atoms with van der Waals surface area (Å²) in [6.45, 7) is 4.65. The van der Waals surface area contributed by atoms with Gasteiger partial charge in [0.15, 0.2) is 0 Å². The summed E-state index contributed by atoms with van der Waals surface area (Å²) in [5.74, 6) is -0.321. The Morgan fingerprint density at radius 2 is 1.85 bits per heavy atom. The minimum atomic E-state index is -0.598. The Balaban J connectivity index is 2.19. The molecule has 0 aliphatic carbocycles. The molecule has 0 aliphatic rings. The minimum Gasteiger partial charge on any atom is -0.355 e. The molecule has 5 nitrogen and oxygen atoms in total. The molecule has 0 unspecified atom stereocenters. The van der Waals surface area contributed by atoms with Crippen LogP contribution in [0.5, 0.6) is 0 Å². The van der Waals surface area contributed by atoms with Crippen LogP contribution in [0.15, 0.2) is 48.5 Å². The fraction of sp³-hybridized carbons (Fsp3) is 0.333. The Morgan fingerprint density at radius 3 is 2.48 bits per heavy atom. The standard InChI is InChI=1S/C21H26ClN3O2/c1-4-12-23-19(26)14-25(3)20(16-8-6-5-7-9-16)21(27)24-17-11-10-15(2)18(22)13-17/h5-11,13,20H,4,12,14H2,1-3H3,(H,23,26)(H,24,27)/t20-/m1/s1. The number of amides is 2. The number of aryl methyl sites for hydroxylation is 1.